The molecule has 0 bridgehead atoms. The summed E-state index contributed by atoms with van der Waals surface area (Å²) in [4.78, 5) is 29.8. The zero-order valence-corrected chi connectivity index (χ0v) is 16.1. The summed E-state index contributed by atoms with van der Waals surface area (Å²) in [7, 11) is 0. The second-order valence-electron chi connectivity index (χ2n) is 6.35. The van der Waals surface area contributed by atoms with E-state index in [9.17, 15) is 14.4 Å². The van der Waals surface area contributed by atoms with E-state index in [1.807, 2.05) is 27.7 Å². The molecule has 0 aromatic heterocycles. The van der Waals surface area contributed by atoms with Crippen LogP contribution in [0.1, 0.15) is 82.6 Å². The fraction of sp³-hybridized carbons (Fsp3) is 0.850. The molecular formula is C20H46O9. The Morgan fingerprint density at radius 3 is 1.07 bits per heavy atom. The maximum Gasteiger partial charge on any atom is 0.332 e. The van der Waals surface area contributed by atoms with Gasteiger partial charge in [0.05, 0.1) is 0 Å². The Morgan fingerprint density at radius 1 is 0.621 bits per heavy atom. The molecule has 4 unspecified atom stereocenters. The second kappa shape index (κ2) is 24.3. The number of aliphatic hydroxyl groups is 3. The van der Waals surface area contributed by atoms with Crippen LogP contribution < -0.4 is 0 Å². The minimum absolute atomic E-state index is 0. The monoisotopic (exact) mass is 430 g/mol. The van der Waals surface area contributed by atoms with Gasteiger partial charge in [-0.25, -0.2) is 14.4 Å². The van der Waals surface area contributed by atoms with Crippen LogP contribution in [0.15, 0.2) is 0 Å². The first-order valence-corrected chi connectivity index (χ1v) is 8.52. The number of carboxylic acids is 3. The largest absolute Gasteiger partial charge is 0.479 e. The maximum absolute atomic E-state index is 10.1. The molecule has 0 saturated heterocycles. The van der Waals surface area contributed by atoms with Crippen molar-refractivity contribution in [3.63, 3.8) is 0 Å². The van der Waals surface area contributed by atoms with Crippen LogP contribution in [0.3, 0.4) is 0 Å². The van der Waals surface area contributed by atoms with Crippen molar-refractivity contribution in [3.05, 3.63) is 0 Å². The fourth-order valence-electron chi connectivity index (χ4n) is 1.37. The quantitative estimate of drug-likeness (QED) is 0.321. The second-order valence-corrected chi connectivity index (χ2v) is 6.35. The van der Waals surface area contributed by atoms with Crippen molar-refractivity contribution in [1.29, 1.82) is 0 Å². The van der Waals surface area contributed by atoms with E-state index >= 15 is 0 Å². The van der Waals surface area contributed by atoms with Crippen molar-refractivity contribution in [2.24, 2.45) is 11.8 Å². The van der Waals surface area contributed by atoms with Gasteiger partial charge in [-0.15, -0.1) is 0 Å². The first-order valence-electron chi connectivity index (χ1n) is 8.52. The van der Waals surface area contributed by atoms with E-state index in [-0.39, 0.29) is 40.5 Å². The lowest BCUT2D eigenvalue weighted by Crippen LogP contribution is -2.21. The van der Waals surface area contributed by atoms with Crippen LogP contribution >= 0.6 is 0 Å². The molecule has 0 aliphatic carbocycles. The number of aliphatic hydroxyl groups excluding tert-OH is 3. The predicted molar refractivity (Wildman–Crippen MR) is 115 cm³/mol. The van der Waals surface area contributed by atoms with Crippen molar-refractivity contribution in [2.75, 3.05) is 0 Å². The number of carboxylic acid groups (broad SMARTS) is 3. The van der Waals surface area contributed by atoms with Crippen molar-refractivity contribution in [2.45, 2.75) is 101 Å². The Bertz CT molecular complexity index is 397. The summed E-state index contributed by atoms with van der Waals surface area (Å²) >= 11 is 0. The molecule has 0 fully saturated rings. The lowest BCUT2D eigenvalue weighted by atomic mass is 10.0. The van der Waals surface area contributed by atoms with E-state index in [0.29, 0.717) is 12.8 Å². The average molecular weight is 431 g/mol. The summed E-state index contributed by atoms with van der Waals surface area (Å²) < 4.78 is 0. The van der Waals surface area contributed by atoms with Crippen LogP contribution in [0.4, 0.5) is 0 Å². The summed E-state index contributed by atoms with van der Waals surface area (Å²) in [6, 6.07) is 0. The number of hydrogen-bond acceptors (Lipinski definition) is 6. The van der Waals surface area contributed by atoms with Crippen LogP contribution in [-0.2, 0) is 14.4 Å². The number of rotatable bonds is 9. The lowest BCUT2D eigenvalue weighted by Gasteiger charge is -2.09. The third-order valence-electron chi connectivity index (χ3n) is 3.26. The molecule has 0 radical (unpaired) electrons. The molecule has 0 amide bonds. The van der Waals surface area contributed by atoms with Gasteiger partial charge < -0.3 is 30.6 Å². The SMILES string of the molecule is C.C.C.CC(C)CC(O)C(=O)O.CCC(C)CC(O)C(=O)O.CCC(O)C(=O)O. The highest BCUT2D eigenvalue weighted by Crippen LogP contribution is 2.09. The third-order valence-corrected chi connectivity index (χ3v) is 3.26. The number of hydrogen-bond donors (Lipinski definition) is 6. The normalized spacial score (nSPS) is 13.1. The minimum Gasteiger partial charge on any atom is -0.479 e. The highest BCUT2D eigenvalue weighted by molar-refractivity contribution is 5.72. The van der Waals surface area contributed by atoms with Gasteiger partial charge in [0.15, 0.2) is 18.3 Å². The lowest BCUT2D eigenvalue weighted by molar-refractivity contribution is -0.148. The number of aliphatic carboxylic acids is 3. The molecule has 0 aliphatic heterocycles. The number of carbonyl (C=O) groups is 3. The first-order chi connectivity index (χ1) is 11.8. The molecule has 180 valence electrons. The van der Waals surface area contributed by atoms with Crippen LogP contribution in [0.2, 0.25) is 0 Å². The summed E-state index contributed by atoms with van der Waals surface area (Å²) in [6.45, 7) is 9.24. The molecule has 0 aliphatic rings. The Kier molecular flexibility index (Phi) is 34.9. The van der Waals surface area contributed by atoms with Gasteiger partial charge in [0.1, 0.15) is 0 Å². The smallest absolute Gasteiger partial charge is 0.332 e. The van der Waals surface area contributed by atoms with Gasteiger partial charge in [0, 0.05) is 0 Å². The van der Waals surface area contributed by atoms with Gasteiger partial charge in [0.2, 0.25) is 0 Å². The first kappa shape index (κ1) is 41.6. The zero-order valence-electron chi connectivity index (χ0n) is 16.1. The molecule has 0 heterocycles. The molecule has 9 nitrogen and oxygen atoms in total. The van der Waals surface area contributed by atoms with Crippen molar-refractivity contribution < 1.29 is 45.0 Å². The van der Waals surface area contributed by atoms with Gasteiger partial charge in [-0.2, -0.15) is 0 Å². The standard InChI is InChI=1S/C7H14O3.C6H12O3.C4H8O3.3CH4/c1-3-5(2)4-6(8)7(9)10;1-4(2)3-5(7)6(8)9;1-2-3(5)4(6)7;;;/h5-6,8H,3-4H2,1-2H3,(H,9,10);4-5,7H,3H2,1-2H3,(H,8,9);3,5H,2H2,1H3,(H,6,7);3*1H4. The molecule has 0 aromatic carbocycles. The average Bonchev–Trinajstić information content (AvgIpc) is 2.53. The fourth-order valence-corrected chi connectivity index (χ4v) is 1.37. The highest BCUT2D eigenvalue weighted by Gasteiger charge is 2.15. The Morgan fingerprint density at radius 2 is 0.931 bits per heavy atom. The zero-order chi connectivity index (χ0) is 21.4. The van der Waals surface area contributed by atoms with Gasteiger partial charge in [-0.1, -0.05) is 63.3 Å². The van der Waals surface area contributed by atoms with Crippen LogP contribution in [-0.4, -0.2) is 66.9 Å². The third kappa shape index (κ3) is 31.2. The van der Waals surface area contributed by atoms with E-state index in [2.05, 4.69) is 0 Å². The van der Waals surface area contributed by atoms with E-state index in [4.69, 9.17) is 30.6 Å². The Balaban J connectivity index is -0.0000000659. The summed E-state index contributed by atoms with van der Waals surface area (Å²) in [5.41, 5.74) is 0. The highest BCUT2D eigenvalue weighted by atomic mass is 16.4. The van der Waals surface area contributed by atoms with Gasteiger partial charge in [-0.05, 0) is 31.1 Å². The molecule has 0 rings (SSSR count). The van der Waals surface area contributed by atoms with Gasteiger partial charge in [-0.3, -0.25) is 0 Å². The van der Waals surface area contributed by atoms with E-state index < -0.39 is 36.2 Å². The molecule has 29 heavy (non-hydrogen) atoms. The summed E-state index contributed by atoms with van der Waals surface area (Å²) in [5.74, 6) is -2.89. The van der Waals surface area contributed by atoms with Crippen molar-refractivity contribution in [3.8, 4) is 0 Å². The summed E-state index contributed by atoms with van der Waals surface area (Å²) in [6.07, 6.45) is -1.69. The van der Waals surface area contributed by atoms with Crippen LogP contribution in [0, 0.1) is 11.8 Å². The van der Waals surface area contributed by atoms with Crippen molar-refractivity contribution >= 4 is 17.9 Å². The van der Waals surface area contributed by atoms with Crippen molar-refractivity contribution in [1.82, 2.24) is 0 Å². The predicted octanol–water partition coefficient (Wildman–Crippen LogP) is 3.10. The minimum atomic E-state index is -1.19. The van der Waals surface area contributed by atoms with Gasteiger partial charge >= 0.3 is 17.9 Å². The Labute approximate surface area is 176 Å². The van der Waals surface area contributed by atoms with Gasteiger partial charge in [0.25, 0.3) is 0 Å². The van der Waals surface area contributed by atoms with Crippen LogP contribution in [0.5, 0.6) is 0 Å². The molecule has 0 spiro atoms. The van der Waals surface area contributed by atoms with E-state index in [0.717, 1.165) is 6.42 Å². The molecule has 0 saturated carbocycles. The molecule has 9 heteroatoms. The molecule has 6 N–H and O–H groups in total. The maximum atomic E-state index is 10.1. The van der Waals surface area contributed by atoms with Crippen LogP contribution in [0.25, 0.3) is 0 Å². The van der Waals surface area contributed by atoms with E-state index in [1.165, 1.54) is 0 Å². The van der Waals surface area contributed by atoms with E-state index in [1.54, 1.807) is 6.92 Å². The Hall–Kier alpha value is -1.71. The summed E-state index contributed by atoms with van der Waals surface area (Å²) in [5, 5.41) is 50.3. The molecule has 4 atom stereocenters. The topological polar surface area (TPSA) is 173 Å². The molecule has 0 aromatic rings. The molecular weight excluding hydrogens is 384 g/mol.